The van der Waals surface area contributed by atoms with Gasteiger partial charge in [0, 0.05) is 19.4 Å². The van der Waals surface area contributed by atoms with Crippen LogP contribution in [0.5, 0.6) is 0 Å². The van der Waals surface area contributed by atoms with E-state index in [1.54, 1.807) is 0 Å². The number of rotatable bonds is 31. The van der Waals surface area contributed by atoms with Gasteiger partial charge < -0.3 is 15.4 Å². The summed E-state index contributed by atoms with van der Waals surface area (Å²) >= 11 is 0. The summed E-state index contributed by atoms with van der Waals surface area (Å²) in [6.07, 6.45) is 30.9. The average Bonchev–Trinajstić information content (AvgIpc) is 2.97. The van der Waals surface area contributed by atoms with Crippen LogP contribution in [0, 0.1) is 0 Å². The molecule has 0 aliphatic carbocycles. The Balaban J connectivity index is 3.75. The number of methoxy groups -OCH3 is 1. The van der Waals surface area contributed by atoms with Crippen LogP contribution in [0.15, 0.2) is 0 Å². The van der Waals surface area contributed by atoms with E-state index in [4.69, 9.17) is 4.74 Å². The predicted octanol–water partition coefficient (Wildman–Crippen LogP) is 9.33. The van der Waals surface area contributed by atoms with Gasteiger partial charge >= 0.3 is 5.97 Å². The zero-order valence-corrected chi connectivity index (χ0v) is 27.5. The lowest BCUT2D eigenvalue weighted by Gasteiger charge is -2.16. The number of nitrogens with one attached hydrogen (secondary N) is 2. The second-order valence-electron chi connectivity index (χ2n) is 12.1. The summed E-state index contributed by atoms with van der Waals surface area (Å²) in [5.74, 6) is -0.347. The highest BCUT2D eigenvalue weighted by molar-refractivity contribution is 5.84. The lowest BCUT2D eigenvalue weighted by Crippen LogP contribution is -2.41. The Kier molecular flexibility index (Phi) is 30.1. The van der Waals surface area contributed by atoms with E-state index in [-0.39, 0.29) is 11.8 Å². The van der Waals surface area contributed by atoms with Crippen LogP contribution in [0.25, 0.3) is 0 Å². The zero-order valence-electron chi connectivity index (χ0n) is 27.5. The smallest absolute Gasteiger partial charge is 0.328 e. The molecule has 0 aromatic carbocycles. The van der Waals surface area contributed by atoms with Gasteiger partial charge in [-0.25, -0.2) is 4.79 Å². The van der Waals surface area contributed by atoms with Gasteiger partial charge in [0.1, 0.15) is 6.04 Å². The third-order valence-corrected chi connectivity index (χ3v) is 8.08. The summed E-state index contributed by atoms with van der Waals surface area (Å²) in [6, 6.07) is -0.604. The first kappa shape index (κ1) is 39.4. The quantitative estimate of drug-likeness (QED) is 0.0632. The summed E-state index contributed by atoms with van der Waals surface area (Å²) in [5.41, 5.74) is 0. The van der Waals surface area contributed by atoms with E-state index < -0.39 is 12.0 Å². The van der Waals surface area contributed by atoms with Crippen LogP contribution in [-0.4, -0.2) is 37.5 Å². The minimum absolute atomic E-state index is 0.0726. The molecule has 6 nitrogen and oxygen atoms in total. The fourth-order valence-electron chi connectivity index (χ4n) is 5.35. The van der Waals surface area contributed by atoms with Gasteiger partial charge in [0.25, 0.3) is 0 Å². The molecule has 0 aliphatic heterocycles. The standard InChI is InChI=1S/C35H68N2O4/c1-4-6-8-10-12-14-16-18-20-22-24-29-33(38)36-31-27-26-28-32(35(40)41-3)37-34(39)30-25-23-21-19-17-15-13-11-9-7-5-2/h32H,4-31H2,1-3H3,(H,36,38)(H,37,39)/t32-/m0/s1. The van der Waals surface area contributed by atoms with Gasteiger partial charge in [0.05, 0.1) is 7.11 Å². The first-order chi connectivity index (χ1) is 20.0. The fourth-order valence-corrected chi connectivity index (χ4v) is 5.35. The Morgan fingerprint density at radius 3 is 1.32 bits per heavy atom. The van der Waals surface area contributed by atoms with Crippen molar-refractivity contribution >= 4 is 17.8 Å². The van der Waals surface area contributed by atoms with Crippen molar-refractivity contribution in [2.75, 3.05) is 13.7 Å². The number of hydrogen-bond donors (Lipinski definition) is 2. The number of hydrogen-bond acceptors (Lipinski definition) is 4. The molecule has 2 N–H and O–H groups in total. The maximum absolute atomic E-state index is 12.4. The number of esters is 1. The predicted molar refractivity (Wildman–Crippen MR) is 173 cm³/mol. The summed E-state index contributed by atoms with van der Waals surface area (Å²) in [5, 5.41) is 5.86. The van der Waals surface area contributed by atoms with Crippen LogP contribution in [0.3, 0.4) is 0 Å². The average molecular weight is 581 g/mol. The topological polar surface area (TPSA) is 84.5 Å². The number of amides is 2. The van der Waals surface area contributed by atoms with E-state index >= 15 is 0 Å². The lowest BCUT2D eigenvalue weighted by atomic mass is 10.0. The van der Waals surface area contributed by atoms with Crippen LogP contribution in [0.2, 0.25) is 0 Å². The summed E-state index contributed by atoms with van der Waals surface area (Å²) in [6.45, 7) is 5.11. The summed E-state index contributed by atoms with van der Waals surface area (Å²) in [7, 11) is 1.36. The van der Waals surface area contributed by atoms with Gasteiger partial charge in [-0.2, -0.15) is 0 Å². The van der Waals surface area contributed by atoms with Crippen molar-refractivity contribution in [1.82, 2.24) is 10.6 Å². The number of ether oxygens (including phenoxy) is 1. The summed E-state index contributed by atoms with van der Waals surface area (Å²) < 4.78 is 4.90. The Morgan fingerprint density at radius 2 is 0.902 bits per heavy atom. The third-order valence-electron chi connectivity index (χ3n) is 8.08. The van der Waals surface area contributed by atoms with E-state index in [2.05, 4.69) is 24.5 Å². The number of unbranched alkanes of at least 4 members (excludes halogenated alkanes) is 21. The largest absolute Gasteiger partial charge is 0.467 e. The van der Waals surface area contributed by atoms with Crippen molar-refractivity contribution in [2.24, 2.45) is 0 Å². The highest BCUT2D eigenvalue weighted by atomic mass is 16.5. The molecule has 41 heavy (non-hydrogen) atoms. The lowest BCUT2D eigenvalue weighted by molar-refractivity contribution is -0.145. The van der Waals surface area contributed by atoms with Crippen molar-refractivity contribution in [3.05, 3.63) is 0 Å². The van der Waals surface area contributed by atoms with Crippen molar-refractivity contribution in [2.45, 2.75) is 193 Å². The van der Waals surface area contributed by atoms with Crippen molar-refractivity contribution in [3.63, 3.8) is 0 Å². The molecule has 0 aromatic heterocycles. The van der Waals surface area contributed by atoms with E-state index in [1.165, 1.54) is 123 Å². The highest BCUT2D eigenvalue weighted by Crippen LogP contribution is 2.13. The number of carbonyl (C=O) groups excluding carboxylic acids is 3. The third kappa shape index (κ3) is 28.3. The molecule has 0 aromatic rings. The molecule has 0 bridgehead atoms. The van der Waals surface area contributed by atoms with E-state index in [9.17, 15) is 14.4 Å². The first-order valence-electron chi connectivity index (χ1n) is 17.7. The molecule has 0 saturated carbocycles. The second kappa shape index (κ2) is 31.3. The van der Waals surface area contributed by atoms with Gasteiger partial charge in [-0.3, -0.25) is 9.59 Å². The van der Waals surface area contributed by atoms with E-state index in [1.807, 2.05) is 0 Å². The first-order valence-corrected chi connectivity index (χ1v) is 17.7. The molecule has 0 spiro atoms. The molecule has 1 atom stereocenters. The normalized spacial score (nSPS) is 11.8. The summed E-state index contributed by atoms with van der Waals surface area (Å²) in [4.78, 5) is 36.6. The molecular weight excluding hydrogens is 512 g/mol. The van der Waals surface area contributed by atoms with Gasteiger partial charge in [0.2, 0.25) is 11.8 Å². The van der Waals surface area contributed by atoms with Crippen LogP contribution < -0.4 is 10.6 Å². The second-order valence-corrected chi connectivity index (χ2v) is 12.1. The zero-order chi connectivity index (χ0) is 30.2. The molecule has 0 unspecified atom stereocenters. The molecule has 0 aliphatic rings. The van der Waals surface area contributed by atoms with Crippen LogP contribution in [-0.2, 0) is 19.1 Å². The SMILES string of the molecule is CCCCCCCCCCCCCC(=O)NCCCC[C@H](NC(=O)CCCCCCCCCCCCC)C(=O)OC. The Bertz CT molecular complexity index is 611. The molecule has 0 rings (SSSR count). The van der Waals surface area contributed by atoms with Crippen molar-refractivity contribution < 1.29 is 19.1 Å². The molecule has 0 fully saturated rings. The van der Waals surface area contributed by atoms with Crippen molar-refractivity contribution in [1.29, 1.82) is 0 Å². The molecule has 242 valence electrons. The van der Waals surface area contributed by atoms with Gasteiger partial charge in [0.15, 0.2) is 0 Å². The molecule has 2 amide bonds. The van der Waals surface area contributed by atoms with Crippen LogP contribution in [0.4, 0.5) is 0 Å². The van der Waals surface area contributed by atoms with Crippen LogP contribution >= 0.6 is 0 Å². The molecule has 6 heteroatoms. The molecule has 0 heterocycles. The Morgan fingerprint density at radius 1 is 0.512 bits per heavy atom. The van der Waals surface area contributed by atoms with Crippen molar-refractivity contribution in [3.8, 4) is 0 Å². The van der Waals surface area contributed by atoms with E-state index in [0.29, 0.717) is 25.8 Å². The van der Waals surface area contributed by atoms with Gasteiger partial charge in [-0.05, 0) is 32.1 Å². The molecule has 0 radical (unpaired) electrons. The molecule has 0 saturated heterocycles. The molecular formula is C35H68N2O4. The van der Waals surface area contributed by atoms with Gasteiger partial charge in [-0.15, -0.1) is 0 Å². The van der Waals surface area contributed by atoms with Crippen LogP contribution in [0.1, 0.15) is 187 Å². The monoisotopic (exact) mass is 581 g/mol. The number of carbonyl (C=O) groups is 3. The maximum Gasteiger partial charge on any atom is 0.328 e. The minimum Gasteiger partial charge on any atom is -0.467 e. The fraction of sp³-hybridized carbons (Fsp3) is 0.914. The Hall–Kier alpha value is -1.59. The van der Waals surface area contributed by atoms with Gasteiger partial charge in [-0.1, -0.05) is 142 Å². The van der Waals surface area contributed by atoms with E-state index in [0.717, 1.165) is 38.5 Å². The maximum atomic E-state index is 12.4. The Labute approximate surface area is 254 Å². The highest BCUT2D eigenvalue weighted by Gasteiger charge is 2.20. The minimum atomic E-state index is -0.604.